The predicted octanol–water partition coefficient (Wildman–Crippen LogP) is -0.0326. The number of rotatable bonds is 2. The minimum absolute atomic E-state index is 0.319. The smallest absolute Gasteiger partial charge is 0.326 e. The predicted molar refractivity (Wildman–Crippen MR) is 39.2 cm³/mol. The third-order valence-electron chi connectivity index (χ3n) is 2.06. The fraction of sp³-hybridized carbons (Fsp3) is 0.857. The lowest BCUT2D eigenvalue weighted by atomic mass is 9.94. The molecule has 1 aliphatic heterocycles. The van der Waals surface area contributed by atoms with Gasteiger partial charge in [-0.2, -0.15) is 0 Å². The van der Waals surface area contributed by atoms with Gasteiger partial charge in [-0.25, -0.2) is 0 Å². The van der Waals surface area contributed by atoms with Crippen LogP contribution in [0.25, 0.3) is 0 Å². The maximum absolute atomic E-state index is 10.6. The number of carbonyl (C=O) groups is 1. The van der Waals surface area contributed by atoms with E-state index in [4.69, 9.17) is 15.6 Å². The second-order valence-electron chi connectivity index (χ2n) is 3.09. The van der Waals surface area contributed by atoms with E-state index >= 15 is 0 Å². The molecule has 3 N–H and O–H groups in total. The van der Waals surface area contributed by atoms with Gasteiger partial charge in [0, 0.05) is 6.61 Å². The Balaban J connectivity index is 2.62. The summed E-state index contributed by atoms with van der Waals surface area (Å²) >= 11 is 0. The average Bonchev–Trinajstić information content (AvgIpc) is 2.37. The molecular formula is C7H13NO3. The van der Waals surface area contributed by atoms with E-state index in [1.54, 1.807) is 0 Å². The van der Waals surface area contributed by atoms with E-state index in [2.05, 4.69) is 0 Å². The lowest BCUT2D eigenvalue weighted by molar-refractivity contribution is -0.147. The number of ether oxygens (including phenoxy) is 1. The monoisotopic (exact) mass is 159 g/mol. The van der Waals surface area contributed by atoms with Crippen molar-refractivity contribution in [3.63, 3.8) is 0 Å². The van der Waals surface area contributed by atoms with Crippen molar-refractivity contribution in [1.82, 2.24) is 0 Å². The average molecular weight is 159 g/mol. The van der Waals surface area contributed by atoms with E-state index in [-0.39, 0.29) is 6.10 Å². The highest BCUT2D eigenvalue weighted by molar-refractivity contribution is 5.78. The molecule has 0 aromatic heterocycles. The first kappa shape index (κ1) is 8.49. The van der Waals surface area contributed by atoms with Crippen LogP contribution in [0.4, 0.5) is 0 Å². The number of hydrogen-bond acceptors (Lipinski definition) is 3. The van der Waals surface area contributed by atoms with Crippen molar-refractivity contribution in [1.29, 1.82) is 0 Å². The fourth-order valence-electron chi connectivity index (χ4n) is 1.19. The fourth-order valence-corrected chi connectivity index (χ4v) is 1.19. The minimum atomic E-state index is -1.23. The summed E-state index contributed by atoms with van der Waals surface area (Å²) < 4.78 is 5.17. The Bertz CT molecular complexity index is 161. The van der Waals surface area contributed by atoms with E-state index < -0.39 is 11.5 Å². The molecule has 0 aliphatic carbocycles. The Morgan fingerprint density at radius 3 is 2.82 bits per heavy atom. The summed E-state index contributed by atoms with van der Waals surface area (Å²) in [5, 5.41) is 8.70. The van der Waals surface area contributed by atoms with Crippen LogP contribution in [0.5, 0.6) is 0 Å². The first-order valence-electron chi connectivity index (χ1n) is 3.69. The number of aliphatic carboxylic acids is 1. The number of hydrogen-bond donors (Lipinski definition) is 2. The molecule has 0 radical (unpaired) electrons. The summed E-state index contributed by atoms with van der Waals surface area (Å²) in [5.41, 5.74) is 4.31. The highest BCUT2D eigenvalue weighted by Gasteiger charge is 2.40. The SMILES string of the molecule is CC(N)(C(=O)O)C1CCCO1. The van der Waals surface area contributed by atoms with E-state index in [1.807, 2.05) is 0 Å². The summed E-state index contributed by atoms with van der Waals surface area (Å²) in [4.78, 5) is 10.6. The van der Waals surface area contributed by atoms with Gasteiger partial charge in [-0.3, -0.25) is 4.79 Å². The molecule has 0 bridgehead atoms. The molecule has 1 heterocycles. The molecule has 0 amide bonds. The van der Waals surface area contributed by atoms with Crippen LogP contribution >= 0.6 is 0 Å². The Labute approximate surface area is 65.3 Å². The largest absolute Gasteiger partial charge is 0.480 e. The highest BCUT2D eigenvalue weighted by atomic mass is 16.5. The van der Waals surface area contributed by atoms with Crippen molar-refractivity contribution in [2.75, 3.05) is 6.61 Å². The molecule has 1 rings (SSSR count). The standard InChI is InChI=1S/C7H13NO3/c1-7(8,6(9)10)5-3-2-4-11-5/h5H,2-4,8H2,1H3,(H,9,10). The Kier molecular flexibility index (Phi) is 2.15. The van der Waals surface area contributed by atoms with Gasteiger partial charge in [0.25, 0.3) is 0 Å². The van der Waals surface area contributed by atoms with Gasteiger partial charge in [0.15, 0.2) is 0 Å². The lowest BCUT2D eigenvalue weighted by Gasteiger charge is -2.25. The second kappa shape index (κ2) is 2.79. The summed E-state index contributed by atoms with van der Waals surface area (Å²) in [6, 6.07) is 0. The van der Waals surface area contributed by atoms with Crippen LogP contribution in [0.3, 0.4) is 0 Å². The van der Waals surface area contributed by atoms with Gasteiger partial charge in [0.2, 0.25) is 0 Å². The molecule has 1 fully saturated rings. The van der Waals surface area contributed by atoms with Crippen molar-refractivity contribution in [3.8, 4) is 0 Å². The van der Waals surface area contributed by atoms with Crippen LogP contribution in [0.2, 0.25) is 0 Å². The molecule has 0 spiro atoms. The topological polar surface area (TPSA) is 72.6 Å². The quantitative estimate of drug-likeness (QED) is 0.593. The normalized spacial score (nSPS) is 29.8. The molecule has 11 heavy (non-hydrogen) atoms. The van der Waals surface area contributed by atoms with Crippen LogP contribution in [0.15, 0.2) is 0 Å². The molecule has 1 saturated heterocycles. The van der Waals surface area contributed by atoms with Gasteiger partial charge in [-0.05, 0) is 19.8 Å². The van der Waals surface area contributed by atoms with Crippen molar-refractivity contribution < 1.29 is 14.6 Å². The lowest BCUT2D eigenvalue weighted by Crippen LogP contribution is -2.54. The number of carboxylic acid groups (broad SMARTS) is 1. The number of nitrogens with two attached hydrogens (primary N) is 1. The van der Waals surface area contributed by atoms with Gasteiger partial charge < -0.3 is 15.6 Å². The molecule has 0 saturated carbocycles. The minimum Gasteiger partial charge on any atom is -0.480 e. The van der Waals surface area contributed by atoms with Gasteiger partial charge in [-0.1, -0.05) is 0 Å². The third-order valence-corrected chi connectivity index (χ3v) is 2.06. The zero-order valence-corrected chi connectivity index (χ0v) is 6.54. The van der Waals surface area contributed by atoms with Crippen LogP contribution < -0.4 is 5.73 Å². The first-order chi connectivity index (χ1) is 5.05. The van der Waals surface area contributed by atoms with Gasteiger partial charge in [0.1, 0.15) is 5.54 Å². The maximum atomic E-state index is 10.6. The zero-order valence-electron chi connectivity index (χ0n) is 6.54. The molecule has 0 aromatic rings. The van der Waals surface area contributed by atoms with Gasteiger partial charge in [0.05, 0.1) is 6.10 Å². The van der Waals surface area contributed by atoms with Gasteiger partial charge >= 0.3 is 5.97 Å². The molecule has 4 nitrogen and oxygen atoms in total. The summed E-state index contributed by atoms with van der Waals surface area (Å²) in [6.07, 6.45) is 1.34. The molecule has 4 heteroatoms. The van der Waals surface area contributed by atoms with Crippen LogP contribution in [-0.4, -0.2) is 29.3 Å². The highest BCUT2D eigenvalue weighted by Crippen LogP contribution is 2.21. The van der Waals surface area contributed by atoms with Crippen molar-refractivity contribution in [2.24, 2.45) is 5.73 Å². The van der Waals surface area contributed by atoms with E-state index in [0.29, 0.717) is 6.61 Å². The maximum Gasteiger partial charge on any atom is 0.326 e. The van der Waals surface area contributed by atoms with Crippen molar-refractivity contribution in [3.05, 3.63) is 0 Å². The molecule has 2 atom stereocenters. The third kappa shape index (κ3) is 1.52. The second-order valence-corrected chi connectivity index (χ2v) is 3.09. The summed E-state index contributed by atoms with van der Waals surface area (Å²) in [5.74, 6) is -0.996. The summed E-state index contributed by atoms with van der Waals surface area (Å²) in [6.45, 7) is 2.12. The summed E-state index contributed by atoms with van der Waals surface area (Å²) in [7, 11) is 0. The number of carboxylic acids is 1. The molecule has 2 unspecified atom stereocenters. The van der Waals surface area contributed by atoms with E-state index in [1.165, 1.54) is 6.92 Å². The first-order valence-corrected chi connectivity index (χ1v) is 3.69. The Hall–Kier alpha value is -0.610. The molecule has 1 aliphatic rings. The van der Waals surface area contributed by atoms with Crippen molar-refractivity contribution >= 4 is 5.97 Å². The Morgan fingerprint density at radius 1 is 1.82 bits per heavy atom. The van der Waals surface area contributed by atoms with Crippen molar-refractivity contribution in [2.45, 2.75) is 31.4 Å². The van der Waals surface area contributed by atoms with Crippen LogP contribution in [0, 0.1) is 0 Å². The molecule has 64 valence electrons. The van der Waals surface area contributed by atoms with E-state index in [0.717, 1.165) is 12.8 Å². The Morgan fingerprint density at radius 2 is 2.45 bits per heavy atom. The van der Waals surface area contributed by atoms with Gasteiger partial charge in [-0.15, -0.1) is 0 Å². The molecular weight excluding hydrogens is 146 g/mol. The van der Waals surface area contributed by atoms with Crippen LogP contribution in [-0.2, 0) is 9.53 Å². The van der Waals surface area contributed by atoms with E-state index in [9.17, 15) is 4.79 Å². The zero-order chi connectivity index (χ0) is 8.48. The van der Waals surface area contributed by atoms with Crippen LogP contribution in [0.1, 0.15) is 19.8 Å². The molecule has 0 aromatic carbocycles.